The Morgan fingerprint density at radius 3 is 2.43 bits per heavy atom. The van der Waals surface area contributed by atoms with E-state index in [0.29, 0.717) is 6.42 Å². The highest BCUT2D eigenvalue weighted by Gasteiger charge is 2.57. The zero-order valence-electron chi connectivity index (χ0n) is 20.4. The Hall–Kier alpha value is -0.893. The monoisotopic (exact) mass is 442 g/mol. The summed E-state index contributed by atoms with van der Waals surface area (Å²) in [6, 6.07) is 0. The topological polar surface area (TPSA) is 74.2 Å². The molecule has 7 heteroatoms. The van der Waals surface area contributed by atoms with E-state index >= 15 is 0 Å². The van der Waals surface area contributed by atoms with Gasteiger partial charge in [0.15, 0.2) is 8.32 Å². The molecule has 1 fully saturated rings. The fraction of sp³-hybridized carbons (Fsp3) is 0.870. The molecule has 0 aromatic carbocycles. The van der Waals surface area contributed by atoms with Gasteiger partial charge < -0.3 is 23.7 Å². The lowest BCUT2D eigenvalue weighted by molar-refractivity contribution is -0.333. The molecule has 6 atom stereocenters. The van der Waals surface area contributed by atoms with Gasteiger partial charge in [-0.25, -0.2) is 4.79 Å². The van der Waals surface area contributed by atoms with E-state index in [0.717, 1.165) is 0 Å². The zero-order valence-corrected chi connectivity index (χ0v) is 21.4. The van der Waals surface area contributed by atoms with Gasteiger partial charge in [0.1, 0.15) is 0 Å². The van der Waals surface area contributed by atoms with E-state index < -0.39 is 26.2 Å². The fourth-order valence-corrected chi connectivity index (χ4v) is 5.46. The van der Waals surface area contributed by atoms with E-state index in [4.69, 9.17) is 18.6 Å². The largest absolute Gasteiger partial charge is 0.460 e. The molecule has 0 unspecified atom stereocenters. The second-order valence-corrected chi connectivity index (χ2v) is 15.5. The molecular formula is C23H42O6Si. The third-order valence-corrected chi connectivity index (χ3v) is 11.6. The molecule has 0 bridgehead atoms. The minimum atomic E-state index is -2.05. The maximum absolute atomic E-state index is 12.4. The standard InChI is InChI=1S/C23H42O6Si/c1-11-26-21(25)18-12-17(24)16(5)23(27-18)13-19(15(4)20(28-23)14(2)3)29-30(9,10)22(6,7)8/h12,14-17,19-20,24H,11,13H2,1-10H3/t15-,16-,17+,19+,20+,23+/m1/s1. The molecule has 2 rings (SSSR count). The summed E-state index contributed by atoms with van der Waals surface area (Å²) >= 11 is 0. The summed E-state index contributed by atoms with van der Waals surface area (Å²) < 4.78 is 24.8. The first-order valence-electron chi connectivity index (χ1n) is 11.3. The van der Waals surface area contributed by atoms with Crippen molar-refractivity contribution in [2.75, 3.05) is 6.61 Å². The number of aliphatic hydroxyl groups excluding tert-OH is 1. The van der Waals surface area contributed by atoms with E-state index in [9.17, 15) is 9.90 Å². The maximum Gasteiger partial charge on any atom is 0.373 e. The Bertz CT molecular complexity index is 653. The Morgan fingerprint density at radius 2 is 1.93 bits per heavy atom. The lowest BCUT2D eigenvalue weighted by Crippen LogP contribution is -2.62. The van der Waals surface area contributed by atoms with Crippen molar-refractivity contribution < 1.29 is 28.5 Å². The molecule has 6 nitrogen and oxygen atoms in total. The molecule has 174 valence electrons. The van der Waals surface area contributed by atoms with Gasteiger partial charge in [-0.3, -0.25) is 0 Å². The number of hydrogen-bond donors (Lipinski definition) is 1. The van der Waals surface area contributed by atoms with E-state index in [2.05, 4.69) is 54.6 Å². The van der Waals surface area contributed by atoms with Crippen LogP contribution in [-0.2, 0) is 23.4 Å². The van der Waals surface area contributed by atoms with Crippen LogP contribution in [0.5, 0.6) is 0 Å². The molecule has 2 aliphatic rings. The van der Waals surface area contributed by atoms with Crippen molar-refractivity contribution >= 4 is 14.3 Å². The van der Waals surface area contributed by atoms with Crippen molar-refractivity contribution in [3.63, 3.8) is 0 Å². The smallest absolute Gasteiger partial charge is 0.373 e. The second kappa shape index (κ2) is 8.92. The number of esters is 1. The van der Waals surface area contributed by atoms with Crippen molar-refractivity contribution in [2.45, 2.75) is 104 Å². The van der Waals surface area contributed by atoms with Crippen molar-refractivity contribution in [1.82, 2.24) is 0 Å². The number of carbonyl (C=O) groups is 1. The highest BCUT2D eigenvalue weighted by molar-refractivity contribution is 6.74. The van der Waals surface area contributed by atoms with Crippen molar-refractivity contribution in [3.8, 4) is 0 Å². The zero-order chi connectivity index (χ0) is 23.1. The molecule has 30 heavy (non-hydrogen) atoms. The summed E-state index contributed by atoms with van der Waals surface area (Å²) in [7, 11) is -2.05. The van der Waals surface area contributed by atoms with E-state index in [1.54, 1.807) is 6.92 Å². The van der Waals surface area contributed by atoms with Gasteiger partial charge in [0, 0.05) is 12.3 Å². The minimum Gasteiger partial charge on any atom is -0.460 e. The van der Waals surface area contributed by atoms with Crippen molar-refractivity contribution in [2.24, 2.45) is 17.8 Å². The molecule has 1 spiro atoms. The average molecular weight is 443 g/mol. The van der Waals surface area contributed by atoms with Crippen LogP contribution in [-0.4, -0.2) is 50.1 Å². The number of carbonyl (C=O) groups excluding carboxylic acids is 1. The quantitative estimate of drug-likeness (QED) is 0.494. The second-order valence-electron chi connectivity index (χ2n) is 10.8. The third kappa shape index (κ3) is 4.95. The van der Waals surface area contributed by atoms with Crippen LogP contribution < -0.4 is 0 Å². The molecule has 0 aromatic heterocycles. The van der Waals surface area contributed by atoms with Crippen LogP contribution >= 0.6 is 0 Å². The highest BCUT2D eigenvalue weighted by atomic mass is 28.4. The Morgan fingerprint density at radius 1 is 1.33 bits per heavy atom. The molecule has 0 aliphatic carbocycles. The van der Waals surface area contributed by atoms with Crippen LogP contribution in [0.4, 0.5) is 0 Å². The Balaban J connectivity index is 2.43. The normalized spacial score (nSPS) is 35.2. The predicted molar refractivity (Wildman–Crippen MR) is 119 cm³/mol. The number of aliphatic hydroxyl groups is 1. The molecule has 0 amide bonds. The van der Waals surface area contributed by atoms with Crippen molar-refractivity contribution in [1.29, 1.82) is 0 Å². The van der Waals surface area contributed by atoms with Gasteiger partial charge in [-0.1, -0.05) is 48.5 Å². The van der Waals surface area contributed by atoms with Crippen LogP contribution in [0.2, 0.25) is 18.1 Å². The summed E-state index contributed by atoms with van der Waals surface area (Å²) in [5, 5.41) is 10.8. The molecule has 1 N–H and O–H groups in total. The van der Waals surface area contributed by atoms with Gasteiger partial charge in [-0.2, -0.15) is 0 Å². The van der Waals surface area contributed by atoms with Crippen LogP contribution in [0.25, 0.3) is 0 Å². The Kier molecular flexibility index (Phi) is 7.55. The summed E-state index contributed by atoms with van der Waals surface area (Å²) in [6.07, 6.45) is 0.809. The van der Waals surface area contributed by atoms with Gasteiger partial charge in [-0.05, 0) is 37.0 Å². The van der Waals surface area contributed by atoms with Gasteiger partial charge in [-0.15, -0.1) is 0 Å². The van der Waals surface area contributed by atoms with Crippen LogP contribution in [0.15, 0.2) is 11.8 Å². The molecule has 0 aromatic rings. The molecule has 0 saturated carbocycles. The van der Waals surface area contributed by atoms with E-state index in [-0.39, 0.29) is 47.4 Å². The number of hydrogen-bond acceptors (Lipinski definition) is 6. The first-order valence-corrected chi connectivity index (χ1v) is 14.2. The fourth-order valence-electron chi connectivity index (χ4n) is 4.05. The van der Waals surface area contributed by atoms with Crippen LogP contribution in [0.3, 0.4) is 0 Å². The third-order valence-electron chi connectivity index (χ3n) is 7.12. The van der Waals surface area contributed by atoms with Gasteiger partial charge in [0.2, 0.25) is 11.5 Å². The number of rotatable bonds is 5. The summed E-state index contributed by atoms with van der Waals surface area (Å²) in [5.41, 5.74) is 0. The van der Waals surface area contributed by atoms with Gasteiger partial charge in [0.25, 0.3) is 0 Å². The maximum atomic E-state index is 12.4. The van der Waals surface area contributed by atoms with E-state index in [1.165, 1.54) is 6.08 Å². The van der Waals surface area contributed by atoms with Crippen molar-refractivity contribution in [3.05, 3.63) is 11.8 Å². The molecule has 2 aliphatic heterocycles. The minimum absolute atomic E-state index is 0.0191. The van der Waals surface area contributed by atoms with Gasteiger partial charge in [0.05, 0.1) is 30.8 Å². The van der Waals surface area contributed by atoms with Gasteiger partial charge >= 0.3 is 5.97 Å². The predicted octanol–water partition coefficient (Wildman–Crippen LogP) is 4.63. The molecule has 2 heterocycles. The average Bonchev–Trinajstić information content (AvgIpc) is 2.61. The Labute approximate surface area is 183 Å². The molecular weight excluding hydrogens is 400 g/mol. The first kappa shape index (κ1) is 25.4. The highest BCUT2D eigenvalue weighted by Crippen LogP contribution is 2.48. The SMILES string of the molecule is CCOC(=O)C1=C[C@H](O)[C@@H](C)[C@@]2(C[C@H](O[Si](C)(C)C(C)(C)C)[C@@H](C)[C@H](C(C)C)O2)O1. The summed E-state index contributed by atoms with van der Waals surface area (Å²) in [6.45, 7) is 21.5. The summed E-state index contributed by atoms with van der Waals surface area (Å²) in [4.78, 5) is 12.4. The van der Waals surface area contributed by atoms with Crippen LogP contribution in [0.1, 0.15) is 61.8 Å². The lowest BCUT2D eigenvalue weighted by Gasteiger charge is -2.54. The molecule has 1 saturated heterocycles. The van der Waals surface area contributed by atoms with E-state index in [1.807, 2.05) is 6.92 Å². The first-order chi connectivity index (χ1) is 13.6. The summed E-state index contributed by atoms with van der Waals surface area (Å²) in [5.74, 6) is -1.65. The van der Waals surface area contributed by atoms with Crippen LogP contribution in [0, 0.1) is 17.8 Å². The number of ether oxygens (including phenoxy) is 3. The lowest BCUT2D eigenvalue weighted by atomic mass is 9.78. The molecule has 0 radical (unpaired) electrons.